The van der Waals surface area contributed by atoms with Crippen molar-refractivity contribution in [2.75, 3.05) is 13.2 Å². The van der Waals surface area contributed by atoms with Gasteiger partial charge in [-0.1, -0.05) is 12.1 Å². The number of rotatable bonds is 6. The molecule has 0 bridgehead atoms. The fraction of sp³-hybridized carbons (Fsp3) is 0.250. The highest BCUT2D eigenvalue weighted by Gasteiger charge is 2.28. The summed E-state index contributed by atoms with van der Waals surface area (Å²) in [4.78, 5) is 15.2. The number of aliphatic carboxylic acids is 1. The van der Waals surface area contributed by atoms with E-state index in [0.717, 1.165) is 16.3 Å². The standard InChI is InChI=1S/C16H16N2O5S/c19-16(20)11-18(10-13-3-1-2-7-17-13)24(21,22)14-5-4-12-6-8-23-15(12)9-14/h1-5,7,9H,6,8,10-11H2,(H,19,20). The van der Waals surface area contributed by atoms with Crippen LogP contribution in [0.15, 0.2) is 47.5 Å². The van der Waals surface area contributed by atoms with Crippen LogP contribution in [0.5, 0.6) is 5.75 Å². The SMILES string of the molecule is O=C(O)CN(Cc1ccccn1)S(=O)(=O)c1ccc2c(c1)OCC2. The highest BCUT2D eigenvalue weighted by Crippen LogP contribution is 2.29. The second kappa shape index (κ2) is 6.58. The number of pyridine rings is 1. The Bertz CT molecular complexity index is 852. The molecule has 0 aliphatic carbocycles. The van der Waals surface area contributed by atoms with Crippen LogP contribution in [0.3, 0.4) is 0 Å². The van der Waals surface area contributed by atoms with E-state index in [1.807, 2.05) is 0 Å². The molecule has 126 valence electrons. The summed E-state index contributed by atoms with van der Waals surface area (Å²) < 4.78 is 32.0. The van der Waals surface area contributed by atoms with E-state index in [4.69, 9.17) is 9.84 Å². The Morgan fingerprint density at radius 2 is 2.12 bits per heavy atom. The van der Waals surface area contributed by atoms with Crippen LogP contribution in [0, 0.1) is 0 Å². The summed E-state index contributed by atoms with van der Waals surface area (Å²) in [5.41, 5.74) is 1.42. The second-order valence-corrected chi connectivity index (χ2v) is 7.29. The summed E-state index contributed by atoms with van der Waals surface area (Å²) in [7, 11) is -3.98. The highest BCUT2D eigenvalue weighted by molar-refractivity contribution is 7.89. The van der Waals surface area contributed by atoms with Crippen LogP contribution in [0.25, 0.3) is 0 Å². The monoisotopic (exact) mass is 348 g/mol. The molecule has 1 aliphatic rings. The Balaban J connectivity index is 1.94. The number of hydrogen-bond donors (Lipinski definition) is 1. The molecule has 3 rings (SSSR count). The fourth-order valence-corrected chi connectivity index (χ4v) is 3.88. The molecule has 0 spiro atoms. The summed E-state index contributed by atoms with van der Waals surface area (Å²) in [5.74, 6) is -0.698. The third-order valence-corrected chi connectivity index (χ3v) is 5.47. The third-order valence-electron chi connectivity index (χ3n) is 3.68. The molecular formula is C16H16N2O5S. The molecule has 0 unspecified atom stereocenters. The number of benzene rings is 1. The molecule has 0 amide bonds. The van der Waals surface area contributed by atoms with Gasteiger partial charge >= 0.3 is 5.97 Å². The van der Waals surface area contributed by atoms with Gasteiger partial charge in [-0.05, 0) is 23.8 Å². The van der Waals surface area contributed by atoms with Crippen molar-refractivity contribution in [1.29, 1.82) is 0 Å². The number of nitrogens with zero attached hydrogens (tertiary/aromatic N) is 2. The molecule has 0 fully saturated rings. The largest absolute Gasteiger partial charge is 0.493 e. The minimum absolute atomic E-state index is 0.0142. The third kappa shape index (κ3) is 3.39. The van der Waals surface area contributed by atoms with Gasteiger partial charge in [0.15, 0.2) is 0 Å². The maximum absolute atomic E-state index is 12.9. The van der Waals surface area contributed by atoms with Crippen LogP contribution < -0.4 is 4.74 Å². The number of hydrogen-bond acceptors (Lipinski definition) is 5. The van der Waals surface area contributed by atoms with Gasteiger partial charge in [-0.15, -0.1) is 0 Å². The predicted octanol–water partition coefficient (Wildman–Crippen LogP) is 1.29. The van der Waals surface area contributed by atoms with Crippen LogP contribution in [-0.4, -0.2) is 41.9 Å². The summed E-state index contributed by atoms with van der Waals surface area (Å²) >= 11 is 0. The minimum atomic E-state index is -3.98. The summed E-state index contributed by atoms with van der Waals surface area (Å²) in [6.07, 6.45) is 2.27. The first-order chi connectivity index (χ1) is 11.5. The molecule has 0 saturated heterocycles. The van der Waals surface area contributed by atoms with Crippen molar-refractivity contribution in [3.05, 3.63) is 53.9 Å². The molecule has 8 heteroatoms. The summed E-state index contributed by atoms with van der Waals surface area (Å²) in [6, 6.07) is 9.71. The van der Waals surface area contributed by atoms with Gasteiger partial charge in [0.05, 0.1) is 23.7 Å². The second-order valence-electron chi connectivity index (χ2n) is 5.36. The van der Waals surface area contributed by atoms with E-state index < -0.39 is 22.5 Å². The fourth-order valence-electron chi connectivity index (χ4n) is 2.51. The number of sulfonamides is 1. The quantitative estimate of drug-likeness (QED) is 0.845. The molecule has 0 radical (unpaired) electrons. The zero-order valence-corrected chi connectivity index (χ0v) is 13.6. The van der Waals surface area contributed by atoms with E-state index in [9.17, 15) is 13.2 Å². The summed E-state index contributed by atoms with van der Waals surface area (Å²) in [5, 5.41) is 9.08. The highest BCUT2D eigenvalue weighted by atomic mass is 32.2. The molecule has 24 heavy (non-hydrogen) atoms. The van der Waals surface area contributed by atoms with Crippen LogP contribution >= 0.6 is 0 Å². The van der Waals surface area contributed by atoms with Gasteiger partial charge in [-0.2, -0.15) is 4.31 Å². The van der Waals surface area contributed by atoms with Gasteiger partial charge in [-0.3, -0.25) is 9.78 Å². The Hall–Kier alpha value is -2.45. The van der Waals surface area contributed by atoms with Gasteiger partial charge in [-0.25, -0.2) is 8.42 Å². The lowest BCUT2D eigenvalue weighted by atomic mass is 10.2. The van der Waals surface area contributed by atoms with Crippen molar-refractivity contribution in [2.24, 2.45) is 0 Å². The van der Waals surface area contributed by atoms with Gasteiger partial charge < -0.3 is 9.84 Å². The maximum Gasteiger partial charge on any atom is 0.318 e. The lowest BCUT2D eigenvalue weighted by Gasteiger charge is -2.20. The number of carboxylic acid groups (broad SMARTS) is 1. The van der Waals surface area contributed by atoms with Crippen LogP contribution in [0.1, 0.15) is 11.3 Å². The molecule has 1 aromatic carbocycles. The molecule has 2 heterocycles. The molecule has 0 atom stereocenters. The van der Waals surface area contributed by atoms with E-state index in [0.29, 0.717) is 18.1 Å². The van der Waals surface area contributed by atoms with E-state index >= 15 is 0 Å². The zero-order valence-electron chi connectivity index (χ0n) is 12.8. The molecule has 1 N–H and O–H groups in total. The van der Waals surface area contributed by atoms with E-state index in [1.54, 1.807) is 24.3 Å². The summed E-state index contributed by atoms with van der Waals surface area (Å²) in [6.45, 7) is -0.240. The van der Waals surface area contributed by atoms with Crippen LogP contribution in [0.2, 0.25) is 0 Å². The number of ether oxygens (including phenoxy) is 1. The maximum atomic E-state index is 12.9. The van der Waals surface area contributed by atoms with E-state index in [2.05, 4.69) is 4.98 Å². The molecular weight excluding hydrogens is 332 g/mol. The van der Waals surface area contributed by atoms with Gasteiger partial charge in [0.25, 0.3) is 0 Å². The number of carboxylic acids is 1. The topological polar surface area (TPSA) is 96.8 Å². The first kappa shape index (κ1) is 16.4. The smallest absolute Gasteiger partial charge is 0.318 e. The van der Waals surface area contributed by atoms with E-state index in [-0.39, 0.29) is 11.4 Å². The molecule has 1 aromatic heterocycles. The van der Waals surface area contributed by atoms with Crippen molar-refractivity contribution in [1.82, 2.24) is 9.29 Å². The Morgan fingerprint density at radius 1 is 1.29 bits per heavy atom. The molecule has 7 nitrogen and oxygen atoms in total. The minimum Gasteiger partial charge on any atom is -0.493 e. The number of fused-ring (bicyclic) bond motifs is 1. The van der Waals surface area contributed by atoms with Crippen molar-refractivity contribution in [3.63, 3.8) is 0 Å². The first-order valence-electron chi connectivity index (χ1n) is 7.34. The lowest BCUT2D eigenvalue weighted by Crippen LogP contribution is -2.35. The first-order valence-corrected chi connectivity index (χ1v) is 8.78. The lowest BCUT2D eigenvalue weighted by molar-refractivity contribution is -0.137. The van der Waals surface area contributed by atoms with Crippen LogP contribution in [0.4, 0.5) is 0 Å². The Kier molecular flexibility index (Phi) is 4.50. The zero-order chi connectivity index (χ0) is 17.2. The van der Waals surface area contributed by atoms with Crippen molar-refractivity contribution in [2.45, 2.75) is 17.9 Å². The molecule has 2 aromatic rings. The molecule has 0 saturated carbocycles. The average molecular weight is 348 g/mol. The van der Waals surface area contributed by atoms with Crippen molar-refractivity contribution < 1.29 is 23.1 Å². The van der Waals surface area contributed by atoms with Gasteiger partial charge in [0, 0.05) is 18.7 Å². The number of carbonyl (C=O) groups is 1. The van der Waals surface area contributed by atoms with Crippen LogP contribution in [-0.2, 0) is 27.8 Å². The Labute approximate surface area is 139 Å². The van der Waals surface area contributed by atoms with E-state index in [1.165, 1.54) is 18.3 Å². The predicted molar refractivity (Wildman–Crippen MR) is 85.1 cm³/mol. The molecule has 1 aliphatic heterocycles. The van der Waals surface area contributed by atoms with Gasteiger partial charge in [0.2, 0.25) is 10.0 Å². The van der Waals surface area contributed by atoms with Gasteiger partial charge in [0.1, 0.15) is 12.3 Å². The van der Waals surface area contributed by atoms with Crippen molar-refractivity contribution >= 4 is 16.0 Å². The average Bonchev–Trinajstić information content (AvgIpc) is 3.02. The normalized spacial score (nSPS) is 13.5. The van der Waals surface area contributed by atoms with Crippen molar-refractivity contribution in [3.8, 4) is 5.75 Å². The Morgan fingerprint density at radius 3 is 2.83 bits per heavy atom. The number of aromatic nitrogens is 1.